The van der Waals surface area contributed by atoms with E-state index in [1.807, 2.05) is 0 Å². The first-order chi connectivity index (χ1) is 31.1. The molecule has 64 heavy (non-hydrogen) atoms. The zero-order valence-corrected chi connectivity index (χ0v) is 40.9. The molecular weight excluding hydrogens is 819 g/mol. The van der Waals surface area contributed by atoms with Crippen molar-refractivity contribution in [1.82, 2.24) is 5.32 Å². The SMILES string of the molecule is CCCCCCCCC(=O)OCC(COC(=O)CCCCCCCC)CC(=O)OC[C@H]1C[C@@H](OC(=O)CC(COC(=O)CCCCCCCC)COC(=O)CCCCCCCC)CN1. The Labute approximate surface area is 387 Å². The molecule has 0 bridgehead atoms. The van der Waals surface area contributed by atoms with Gasteiger partial charge in [0.2, 0.25) is 0 Å². The van der Waals surface area contributed by atoms with E-state index < -0.39 is 29.9 Å². The summed E-state index contributed by atoms with van der Waals surface area (Å²) in [5.41, 5.74) is 0. The van der Waals surface area contributed by atoms with Gasteiger partial charge in [-0.1, -0.05) is 156 Å². The molecule has 1 aliphatic heterocycles. The van der Waals surface area contributed by atoms with E-state index in [0.717, 1.165) is 128 Å². The van der Waals surface area contributed by atoms with Gasteiger partial charge in [0, 0.05) is 56.5 Å². The zero-order valence-electron chi connectivity index (χ0n) is 40.9. The van der Waals surface area contributed by atoms with Gasteiger partial charge < -0.3 is 33.7 Å². The Morgan fingerprint density at radius 2 is 0.719 bits per heavy atom. The van der Waals surface area contributed by atoms with Crippen LogP contribution >= 0.6 is 0 Å². The molecule has 0 aliphatic carbocycles. The van der Waals surface area contributed by atoms with Crippen LogP contribution < -0.4 is 5.32 Å². The molecule has 1 heterocycles. The van der Waals surface area contributed by atoms with Gasteiger partial charge in [0.05, 0.1) is 39.3 Å². The highest BCUT2D eigenvalue weighted by Crippen LogP contribution is 2.18. The van der Waals surface area contributed by atoms with E-state index in [0.29, 0.717) is 38.6 Å². The topological polar surface area (TPSA) is 170 Å². The van der Waals surface area contributed by atoms with Gasteiger partial charge in [-0.3, -0.25) is 28.8 Å². The summed E-state index contributed by atoms with van der Waals surface area (Å²) in [6, 6.07) is -0.257. The summed E-state index contributed by atoms with van der Waals surface area (Å²) in [5.74, 6) is -3.41. The first-order valence-corrected chi connectivity index (χ1v) is 25.8. The monoisotopic (exact) mass is 910 g/mol. The Balaban J connectivity index is 2.64. The first-order valence-electron chi connectivity index (χ1n) is 25.8. The van der Waals surface area contributed by atoms with E-state index in [1.54, 1.807) is 0 Å². The third kappa shape index (κ3) is 35.1. The van der Waals surface area contributed by atoms with Crippen molar-refractivity contribution >= 4 is 35.8 Å². The Kier molecular flexibility index (Phi) is 37.9. The van der Waals surface area contributed by atoms with E-state index in [1.165, 1.54) is 25.7 Å². The molecule has 0 radical (unpaired) electrons. The molecule has 1 N–H and O–H groups in total. The van der Waals surface area contributed by atoms with Crippen molar-refractivity contribution in [1.29, 1.82) is 0 Å². The van der Waals surface area contributed by atoms with Gasteiger partial charge in [-0.2, -0.15) is 0 Å². The number of ether oxygens (including phenoxy) is 6. The van der Waals surface area contributed by atoms with Crippen LogP contribution in [0.15, 0.2) is 0 Å². The first kappa shape index (κ1) is 58.8. The Hall–Kier alpha value is -3.22. The van der Waals surface area contributed by atoms with Crippen molar-refractivity contribution in [3.05, 3.63) is 0 Å². The van der Waals surface area contributed by atoms with Crippen LogP contribution in [0.1, 0.15) is 227 Å². The minimum atomic E-state index is -0.544. The summed E-state index contributed by atoms with van der Waals surface area (Å²) in [6.07, 6.45) is 26.2. The van der Waals surface area contributed by atoms with Gasteiger partial charge in [0.25, 0.3) is 0 Å². The van der Waals surface area contributed by atoms with E-state index in [-0.39, 0.29) is 75.8 Å². The molecule has 2 atom stereocenters. The molecule has 372 valence electrons. The molecule has 1 saturated heterocycles. The molecular formula is C51H91NO12. The molecule has 0 unspecified atom stereocenters. The Morgan fingerprint density at radius 1 is 0.406 bits per heavy atom. The normalized spacial score (nSPS) is 14.7. The zero-order chi connectivity index (χ0) is 46.9. The van der Waals surface area contributed by atoms with Crippen molar-refractivity contribution < 1.29 is 57.2 Å². The fourth-order valence-corrected chi connectivity index (χ4v) is 7.62. The van der Waals surface area contributed by atoms with Gasteiger partial charge in [-0.05, 0) is 25.7 Å². The average molecular weight is 910 g/mol. The molecule has 13 nitrogen and oxygen atoms in total. The molecule has 13 heteroatoms. The van der Waals surface area contributed by atoms with Gasteiger partial charge in [0.1, 0.15) is 12.7 Å². The van der Waals surface area contributed by atoms with Crippen molar-refractivity contribution in [2.45, 2.75) is 239 Å². The number of rotatable bonds is 43. The Morgan fingerprint density at radius 3 is 1.06 bits per heavy atom. The summed E-state index contributed by atoms with van der Waals surface area (Å²) in [6.45, 7) is 8.87. The number of carbonyl (C=O) groups excluding carboxylic acids is 6. The second-order valence-corrected chi connectivity index (χ2v) is 18.1. The van der Waals surface area contributed by atoms with Crippen molar-refractivity contribution in [2.24, 2.45) is 11.8 Å². The van der Waals surface area contributed by atoms with Gasteiger partial charge in [-0.25, -0.2) is 0 Å². The summed E-state index contributed by atoms with van der Waals surface area (Å²) in [7, 11) is 0. The highest BCUT2D eigenvalue weighted by molar-refractivity contribution is 5.72. The van der Waals surface area contributed by atoms with Gasteiger partial charge in [-0.15, -0.1) is 0 Å². The lowest BCUT2D eigenvalue weighted by Crippen LogP contribution is -2.30. The second kappa shape index (κ2) is 41.2. The van der Waals surface area contributed by atoms with E-state index in [4.69, 9.17) is 28.4 Å². The lowest BCUT2D eigenvalue weighted by atomic mass is 10.1. The molecule has 0 amide bonds. The number of esters is 6. The quantitative estimate of drug-likeness (QED) is 0.0349. The lowest BCUT2D eigenvalue weighted by Gasteiger charge is -2.19. The van der Waals surface area contributed by atoms with Crippen LogP contribution in [0.5, 0.6) is 0 Å². The summed E-state index contributed by atoms with van der Waals surface area (Å²) < 4.78 is 33.5. The number of unbranched alkanes of at least 4 members (excludes halogenated alkanes) is 20. The third-order valence-corrected chi connectivity index (χ3v) is 11.7. The van der Waals surface area contributed by atoms with Gasteiger partial charge >= 0.3 is 35.8 Å². The number of hydrogen-bond donors (Lipinski definition) is 1. The van der Waals surface area contributed by atoms with Crippen LogP contribution in [0.25, 0.3) is 0 Å². The lowest BCUT2D eigenvalue weighted by molar-refractivity contribution is -0.157. The van der Waals surface area contributed by atoms with Crippen LogP contribution in [0.4, 0.5) is 0 Å². The average Bonchev–Trinajstić information content (AvgIpc) is 3.73. The standard InChI is InChI=1S/C51H91NO12/c1-5-9-13-17-21-25-29-46(53)59-37-42(38-60-47(54)30-26-22-18-14-10-6-2)33-50(57)63-41-44-35-45(36-52-44)64-51(58)34-43(39-61-48(55)31-27-23-19-15-11-7-3)40-62-49(56)32-28-24-20-16-12-8-4/h42-45,52H,5-41H2,1-4H3/t44-,45-/m1/s1. The van der Waals surface area contributed by atoms with Crippen LogP contribution in [-0.2, 0) is 57.2 Å². The predicted molar refractivity (Wildman–Crippen MR) is 249 cm³/mol. The van der Waals surface area contributed by atoms with E-state index in [2.05, 4.69) is 33.0 Å². The van der Waals surface area contributed by atoms with Crippen LogP contribution in [0.3, 0.4) is 0 Å². The number of carbonyl (C=O) groups is 6. The third-order valence-electron chi connectivity index (χ3n) is 11.7. The largest absolute Gasteiger partial charge is 0.465 e. The predicted octanol–water partition coefficient (Wildman–Crippen LogP) is 11.0. The highest BCUT2D eigenvalue weighted by atomic mass is 16.6. The van der Waals surface area contributed by atoms with Crippen LogP contribution in [0.2, 0.25) is 0 Å². The highest BCUT2D eigenvalue weighted by Gasteiger charge is 2.30. The molecule has 1 fully saturated rings. The number of hydrogen-bond acceptors (Lipinski definition) is 13. The summed E-state index contributed by atoms with van der Waals surface area (Å²) in [4.78, 5) is 76.2. The molecule has 0 spiro atoms. The molecule has 0 saturated carbocycles. The maximum Gasteiger partial charge on any atom is 0.306 e. The van der Waals surface area contributed by atoms with Gasteiger partial charge in [0.15, 0.2) is 0 Å². The summed E-state index contributed by atoms with van der Waals surface area (Å²) in [5, 5.41) is 3.24. The van der Waals surface area contributed by atoms with Crippen LogP contribution in [-0.4, -0.2) is 87.5 Å². The van der Waals surface area contributed by atoms with Crippen molar-refractivity contribution in [3.8, 4) is 0 Å². The smallest absolute Gasteiger partial charge is 0.306 e. The fraction of sp³-hybridized carbons (Fsp3) is 0.882. The van der Waals surface area contributed by atoms with Crippen LogP contribution in [0, 0.1) is 11.8 Å². The molecule has 0 aromatic rings. The van der Waals surface area contributed by atoms with Crippen molar-refractivity contribution in [3.63, 3.8) is 0 Å². The summed E-state index contributed by atoms with van der Waals surface area (Å²) >= 11 is 0. The minimum absolute atomic E-state index is 0.0426. The minimum Gasteiger partial charge on any atom is -0.465 e. The fourth-order valence-electron chi connectivity index (χ4n) is 7.62. The molecule has 1 aliphatic rings. The van der Waals surface area contributed by atoms with E-state index >= 15 is 0 Å². The molecule has 0 aromatic carbocycles. The maximum atomic E-state index is 13.1. The number of nitrogens with one attached hydrogen (secondary N) is 1. The maximum absolute atomic E-state index is 13.1. The van der Waals surface area contributed by atoms with Crippen molar-refractivity contribution in [2.75, 3.05) is 39.6 Å². The Bertz CT molecular complexity index is 1160. The molecule has 0 aromatic heterocycles. The molecule has 1 rings (SSSR count). The van der Waals surface area contributed by atoms with E-state index in [9.17, 15) is 28.8 Å². The second-order valence-electron chi connectivity index (χ2n) is 18.1.